The lowest BCUT2D eigenvalue weighted by molar-refractivity contribution is -0.339. The smallest absolute Gasteiger partial charge is 0.331 e. The van der Waals surface area contributed by atoms with Gasteiger partial charge in [0.15, 0.2) is 0 Å². The summed E-state index contributed by atoms with van der Waals surface area (Å²) in [5.74, 6) is -0.641. The summed E-state index contributed by atoms with van der Waals surface area (Å²) in [5.41, 5.74) is -3.11. The molecule has 8 atom stereocenters. The molecule has 228 valence electrons. The molecule has 7 heteroatoms. The number of aliphatic hydroxyl groups excluding tert-OH is 2. The van der Waals surface area contributed by atoms with Crippen LogP contribution in [-0.4, -0.2) is 57.8 Å². The monoisotopic (exact) mass is 570 g/mol. The summed E-state index contributed by atoms with van der Waals surface area (Å²) in [6.45, 7) is 4.51. The first-order chi connectivity index (χ1) is 19.5. The van der Waals surface area contributed by atoms with Crippen molar-refractivity contribution in [2.45, 2.75) is 134 Å². The Labute approximate surface area is 244 Å². The van der Waals surface area contributed by atoms with Crippen LogP contribution in [0.4, 0.5) is 0 Å². The molecule has 7 nitrogen and oxygen atoms in total. The van der Waals surface area contributed by atoms with Gasteiger partial charge in [0.05, 0.1) is 29.1 Å². The average Bonchev–Trinajstić information content (AvgIpc) is 3.40. The molecule has 0 aromatic rings. The second-order valence-corrected chi connectivity index (χ2v) is 14.8. The highest BCUT2D eigenvalue weighted by molar-refractivity contribution is 5.85. The number of cyclic esters (lactones) is 1. The molecule has 0 amide bonds. The quantitative estimate of drug-likeness (QED) is 0.299. The standard InChI is InChI=1S/C34H50O7/c1-31-16-14-26(35)34(33(31,39)18-13-22-19-28(37)40-21-22)27(36)15-17-32(2,24-11-7-4-8-12-24)29(34)25(20-31)41-30(38)23-9-5-3-6-10-23/h14,16,19,23-27,29,35-36,39H,3-13,15,17-18,20-21H2,1-2H3/t25-,26-,27+,29+,31+,32+,33-,34+/m1/s1. The first-order valence-corrected chi connectivity index (χ1v) is 16.4. The molecule has 1 heterocycles. The first kappa shape index (κ1) is 29.4. The lowest BCUT2D eigenvalue weighted by Crippen LogP contribution is -2.80. The minimum Gasteiger partial charge on any atom is -0.462 e. The number of hydrogen-bond donors (Lipinski definition) is 3. The van der Waals surface area contributed by atoms with Gasteiger partial charge in [-0.1, -0.05) is 64.5 Å². The average molecular weight is 571 g/mol. The molecule has 0 radical (unpaired) electrons. The van der Waals surface area contributed by atoms with Crippen molar-refractivity contribution in [1.82, 2.24) is 0 Å². The minimum atomic E-state index is -1.48. The summed E-state index contributed by atoms with van der Waals surface area (Å²) in [5, 5.41) is 37.3. The highest BCUT2D eigenvalue weighted by Crippen LogP contribution is 2.73. The molecule has 6 aliphatic rings. The van der Waals surface area contributed by atoms with Crippen LogP contribution >= 0.6 is 0 Å². The molecule has 5 aliphatic carbocycles. The molecular formula is C34H50O7. The number of fused-ring (bicyclic) bond motifs is 1. The summed E-state index contributed by atoms with van der Waals surface area (Å²) >= 11 is 0. The highest BCUT2D eigenvalue weighted by Gasteiger charge is 2.78. The number of esters is 2. The first-order valence-electron chi connectivity index (χ1n) is 16.4. The van der Waals surface area contributed by atoms with E-state index in [-0.39, 0.29) is 36.3 Å². The molecule has 0 aromatic carbocycles. The second kappa shape index (κ2) is 10.8. The van der Waals surface area contributed by atoms with Gasteiger partial charge in [-0.2, -0.15) is 0 Å². The zero-order valence-corrected chi connectivity index (χ0v) is 25.0. The van der Waals surface area contributed by atoms with Gasteiger partial charge < -0.3 is 24.8 Å². The second-order valence-electron chi connectivity index (χ2n) is 14.8. The van der Waals surface area contributed by atoms with Gasteiger partial charge in [0.1, 0.15) is 12.7 Å². The molecule has 3 N–H and O–H groups in total. The van der Waals surface area contributed by atoms with E-state index >= 15 is 0 Å². The maximum atomic E-state index is 13.7. The largest absolute Gasteiger partial charge is 0.462 e. The Hall–Kier alpha value is -1.70. The van der Waals surface area contributed by atoms with E-state index in [1.807, 2.05) is 13.0 Å². The van der Waals surface area contributed by atoms with E-state index in [1.54, 1.807) is 6.08 Å². The molecule has 4 fully saturated rings. The molecule has 0 unspecified atom stereocenters. The van der Waals surface area contributed by atoms with Gasteiger partial charge in [-0.3, -0.25) is 4.79 Å². The Morgan fingerprint density at radius 2 is 1.71 bits per heavy atom. The van der Waals surface area contributed by atoms with Crippen molar-refractivity contribution in [3.8, 4) is 0 Å². The number of aliphatic hydroxyl groups is 3. The van der Waals surface area contributed by atoms with Crippen molar-refractivity contribution in [2.75, 3.05) is 6.61 Å². The van der Waals surface area contributed by atoms with Crippen molar-refractivity contribution in [3.05, 3.63) is 23.8 Å². The normalized spacial score (nSPS) is 45.1. The van der Waals surface area contributed by atoms with Gasteiger partial charge >= 0.3 is 11.9 Å². The Bertz CT molecular complexity index is 1090. The fraction of sp³-hybridized carbons (Fsp3) is 0.824. The molecule has 1 spiro atoms. The van der Waals surface area contributed by atoms with Crippen LogP contribution in [0, 0.1) is 34.0 Å². The van der Waals surface area contributed by atoms with E-state index in [4.69, 9.17) is 9.47 Å². The van der Waals surface area contributed by atoms with E-state index in [0.29, 0.717) is 25.2 Å². The summed E-state index contributed by atoms with van der Waals surface area (Å²) in [6.07, 6.45) is 15.7. The third-order valence-corrected chi connectivity index (χ3v) is 12.8. The van der Waals surface area contributed by atoms with Crippen molar-refractivity contribution in [3.63, 3.8) is 0 Å². The van der Waals surface area contributed by atoms with Crippen molar-refractivity contribution in [2.24, 2.45) is 34.0 Å². The van der Waals surface area contributed by atoms with Gasteiger partial charge in [0, 0.05) is 17.4 Å². The number of hydrogen-bond acceptors (Lipinski definition) is 7. The Morgan fingerprint density at radius 1 is 1.02 bits per heavy atom. The lowest BCUT2D eigenvalue weighted by Gasteiger charge is -2.73. The highest BCUT2D eigenvalue weighted by atomic mass is 16.5. The summed E-state index contributed by atoms with van der Waals surface area (Å²) in [6, 6.07) is 0. The Morgan fingerprint density at radius 3 is 2.37 bits per heavy atom. The van der Waals surface area contributed by atoms with Crippen LogP contribution in [0.1, 0.15) is 110 Å². The predicted octanol–water partition coefficient (Wildman–Crippen LogP) is 5.16. The third kappa shape index (κ3) is 4.47. The molecule has 4 saturated carbocycles. The summed E-state index contributed by atoms with van der Waals surface area (Å²) in [7, 11) is 0. The van der Waals surface area contributed by atoms with E-state index < -0.39 is 40.7 Å². The van der Waals surface area contributed by atoms with Crippen LogP contribution in [0.15, 0.2) is 23.8 Å². The Kier molecular flexibility index (Phi) is 7.73. The summed E-state index contributed by atoms with van der Waals surface area (Å²) < 4.78 is 11.7. The maximum absolute atomic E-state index is 13.7. The Balaban J connectivity index is 1.46. The SMILES string of the molecule is C[C@@]1(C2CCCCC2)CC[C@H](O)[C@@]23[C@H](O)C=C[C@@](C)(C[C@@H](OC(=O)C4CCCCC4)[C@H]21)[C@]3(O)CCC1=CC(=O)OC1. The van der Waals surface area contributed by atoms with Gasteiger partial charge in [0.2, 0.25) is 0 Å². The number of rotatable bonds is 6. The van der Waals surface area contributed by atoms with Crippen LogP contribution in [0.2, 0.25) is 0 Å². The van der Waals surface area contributed by atoms with E-state index in [2.05, 4.69) is 6.92 Å². The third-order valence-electron chi connectivity index (χ3n) is 12.8. The number of ether oxygens (including phenoxy) is 2. The lowest BCUT2D eigenvalue weighted by atomic mass is 9.34. The molecule has 2 bridgehead atoms. The van der Waals surface area contributed by atoms with Crippen LogP contribution in [0.25, 0.3) is 0 Å². The molecule has 1 aliphatic heterocycles. The summed E-state index contributed by atoms with van der Waals surface area (Å²) in [4.78, 5) is 25.5. The molecule has 0 aromatic heterocycles. The van der Waals surface area contributed by atoms with Crippen molar-refractivity contribution < 1.29 is 34.4 Å². The van der Waals surface area contributed by atoms with E-state index in [0.717, 1.165) is 69.8 Å². The fourth-order valence-electron chi connectivity index (χ4n) is 10.7. The van der Waals surface area contributed by atoms with Gasteiger partial charge in [0.25, 0.3) is 0 Å². The van der Waals surface area contributed by atoms with Crippen LogP contribution in [-0.2, 0) is 19.1 Å². The molecular weight excluding hydrogens is 520 g/mol. The van der Waals surface area contributed by atoms with Gasteiger partial charge in [-0.25, -0.2) is 4.79 Å². The predicted molar refractivity (Wildman–Crippen MR) is 153 cm³/mol. The minimum absolute atomic E-state index is 0.102. The van der Waals surface area contributed by atoms with Crippen molar-refractivity contribution in [1.29, 1.82) is 0 Å². The van der Waals surface area contributed by atoms with E-state index in [1.165, 1.54) is 12.5 Å². The molecule has 6 rings (SSSR count). The number of carbonyl (C=O) groups is 2. The maximum Gasteiger partial charge on any atom is 0.331 e. The van der Waals surface area contributed by atoms with Crippen LogP contribution < -0.4 is 0 Å². The zero-order chi connectivity index (χ0) is 29.0. The fourth-order valence-corrected chi connectivity index (χ4v) is 10.7. The van der Waals surface area contributed by atoms with E-state index in [9.17, 15) is 24.9 Å². The van der Waals surface area contributed by atoms with Crippen LogP contribution in [0.3, 0.4) is 0 Å². The van der Waals surface area contributed by atoms with Crippen LogP contribution in [0.5, 0.6) is 0 Å². The number of carbonyl (C=O) groups excluding carboxylic acids is 2. The molecule has 0 saturated heterocycles. The topological polar surface area (TPSA) is 113 Å². The van der Waals surface area contributed by atoms with Crippen molar-refractivity contribution >= 4 is 11.9 Å². The van der Waals surface area contributed by atoms with Gasteiger partial charge in [-0.05, 0) is 74.7 Å². The van der Waals surface area contributed by atoms with Gasteiger partial charge in [-0.15, -0.1) is 0 Å². The molecule has 41 heavy (non-hydrogen) atoms. The zero-order valence-electron chi connectivity index (χ0n) is 25.0.